The van der Waals surface area contributed by atoms with Gasteiger partial charge in [-0.2, -0.15) is 0 Å². The molecule has 4 heteroatoms. The van der Waals surface area contributed by atoms with Gasteiger partial charge in [0.15, 0.2) is 0 Å². The highest BCUT2D eigenvalue weighted by Gasteiger charge is 2.09. The van der Waals surface area contributed by atoms with Gasteiger partial charge >= 0.3 is 0 Å². The molecule has 2 N–H and O–H groups in total. The molecule has 0 amide bonds. The van der Waals surface area contributed by atoms with Crippen molar-refractivity contribution in [3.05, 3.63) is 18.1 Å². The van der Waals surface area contributed by atoms with E-state index in [2.05, 4.69) is 36.1 Å². The summed E-state index contributed by atoms with van der Waals surface area (Å²) in [7, 11) is 0. The molecule has 0 aliphatic heterocycles. The highest BCUT2D eigenvalue weighted by molar-refractivity contribution is 5.33. The van der Waals surface area contributed by atoms with Crippen LogP contribution in [0.15, 0.2) is 12.4 Å². The van der Waals surface area contributed by atoms with Crippen LogP contribution in [0.2, 0.25) is 0 Å². The number of anilines is 1. The second-order valence-corrected chi connectivity index (χ2v) is 3.93. The predicted molar refractivity (Wildman–Crippen MR) is 51.3 cm³/mol. The highest BCUT2D eigenvalue weighted by Crippen LogP contribution is 2.10. The molecular weight excluding hydrogens is 166 g/mol. The number of rotatable bonds is 2. The number of nitrogens with one attached hydrogen (secondary N) is 1. The SMILES string of the molecule is CC(C)(C)Nc1cnc(CO)cn1. The number of hydrogen-bond donors (Lipinski definition) is 2. The van der Waals surface area contributed by atoms with Crippen molar-refractivity contribution in [1.29, 1.82) is 0 Å². The molecule has 1 heterocycles. The van der Waals surface area contributed by atoms with Crippen molar-refractivity contribution in [1.82, 2.24) is 9.97 Å². The molecule has 0 saturated heterocycles. The molecule has 72 valence electrons. The van der Waals surface area contributed by atoms with E-state index in [0.29, 0.717) is 5.69 Å². The first-order chi connectivity index (χ1) is 6.01. The topological polar surface area (TPSA) is 58.0 Å². The summed E-state index contributed by atoms with van der Waals surface area (Å²) >= 11 is 0. The van der Waals surface area contributed by atoms with Crippen LogP contribution in [0.3, 0.4) is 0 Å². The summed E-state index contributed by atoms with van der Waals surface area (Å²) in [6, 6.07) is 0. The van der Waals surface area contributed by atoms with Crippen LogP contribution in [0, 0.1) is 0 Å². The van der Waals surface area contributed by atoms with E-state index in [1.165, 1.54) is 0 Å². The maximum atomic E-state index is 8.74. The van der Waals surface area contributed by atoms with Crippen molar-refractivity contribution in [2.45, 2.75) is 32.9 Å². The van der Waals surface area contributed by atoms with Gasteiger partial charge in [-0.1, -0.05) is 0 Å². The molecule has 4 nitrogen and oxygen atoms in total. The summed E-state index contributed by atoms with van der Waals surface area (Å²) in [5, 5.41) is 11.9. The Bertz CT molecular complexity index is 263. The van der Waals surface area contributed by atoms with Crippen LogP contribution in [-0.2, 0) is 6.61 Å². The van der Waals surface area contributed by atoms with Crippen LogP contribution in [0.1, 0.15) is 26.5 Å². The standard InChI is InChI=1S/C9H15N3O/c1-9(2,3)12-8-5-10-7(6-13)4-11-8/h4-5,13H,6H2,1-3H3,(H,11,12). The second kappa shape index (κ2) is 3.70. The van der Waals surface area contributed by atoms with Crippen molar-refractivity contribution in [3.63, 3.8) is 0 Å². The van der Waals surface area contributed by atoms with E-state index < -0.39 is 0 Å². The minimum absolute atomic E-state index is 0.0184. The molecular formula is C9H15N3O. The first kappa shape index (κ1) is 9.92. The van der Waals surface area contributed by atoms with Crippen molar-refractivity contribution in [2.24, 2.45) is 0 Å². The number of aromatic nitrogens is 2. The third-order valence-corrected chi connectivity index (χ3v) is 1.37. The Hall–Kier alpha value is -1.16. The fourth-order valence-corrected chi connectivity index (χ4v) is 0.885. The van der Waals surface area contributed by atoms with Gasteiger partial charge in [0.2, 0.25) is 0 Å². The number of aliphatic hydroxyl groups is 1. The number of hydrogen-bond acceptors (Lipinski definition) is 4. The minimum Gasteiger partial charge on any atom is -0.390 e. The zero-order chi connectivity index (χ0) is 9.90. The molecule has 1 aromatic rings. The Morgan fingerprint density at radius 1 is 1.31 bits per heavy atom. The molecule has 0 atom stereocenters. The summed E-state index contributed by atoms with van der Waals surface area (Å²) in [6.07, 6.45) is 3.19. The van der Waals surface area contributed by atoms with E-state index in [0.717, 1.165) is 5.82 Å². The molecule has 0 spiro atoms. The molecule has 0 unspecified atom stereocenters. The Labute approximate surface area is 78.0 Å². The summed E-state index contributed by atoms with van der Waals surface area (Å²) in [5.41, 5.74) is 0.564. The van der Waals surface area contributed by atoms with E-state index in [-0.39, 0.29) is 12.1 Å². The number of nitrogens with zero attached hydrogens (tertiary/aromatic N) is 2. The zero-order valence-electron chi connectivity index (χ0n) is 8.20. The van der Waals surface area contributed by atoms with E-state index in [1.807, 2.05) is 0 Å². The summed E-state index contributed by atoms with van der Waals surface area (Å²) < 4.78 is 0. The Kier molecular flexibility index (Phi) is 2.83. The normalized spacial score (nSPS) is 11.4. The first-order valence-electron chi connectivity index (χ1n) is 4.21. The monoisotopic (exact) mass is 181 g/mol. The molecule has 1 rings (SSSR count). The van der Waals surface area contributed by atoms with Crippen LogP contribution < -0.4 is 5.32 Å². The lowest BCUT2D eigenvalue weighted by atomic mass is 10.1. The second-order valence-electron chi connectivity index (χ2n) is 3.93. The molecule has 0 aromatic carbocycles. The van der Waals surface area contributed by atoms with Crippen LogP contribution in [0.5, 0.6) is 0 Å². The third-order valence-electron chi connectivity index (χ3n) is 1.37. The molecule has 0 aliphatic rings. The third kappa shape index (κ3) is 3.38. The Balaban J connectivity index is 2.70. The van der Waals surface area contributed by atoms with E-state index in [4.69, 9.17) is 5.11 Å². The van der Waals surface area contributed by atoms with Crippen molar-refractivity contribution < 1.29 is 5.11 Å². The smallest absolute Gasteiger partial charge is 0.144 e. The maximum absolute atomic E-state index is 8.74. The largest absolute Gasteiger partial charge is 0.390 e. The average molecular weight is 181 g/mol. The van der Waals surface area contributed by atoms with E-state index in [9.17, 15) is 0 Å². The maximum Gasteiger partial charge on any atom is 0.144 e. The predicted octanol–water partition coefficient (Wildman–Crippen LogP) is 1.18. The van der Waals surface area contributed by atoms with E-state index >= 15 is 0 Å². The fraction of sp³-hybridized carbons (Fsp3) is 0.556. The van der Waals surface area contributed by atoms with Gasteiger partial charge in [-0.25, -0.2) is 4.98 Å². The van der Waals surface area contributed by atoms with Crippen molar-refractivity contribution in [2.75, 3.05) is 5.32 Å². The van der Waals surface area contributed by atoms with Gasteiger partial charge in [-0.3, -0.25) is 4.98 Å². The van der Waals surface area contributed by atoms with Crippen LogP contribution in [0.4, 0.5) is 5.82 Å². The summed E-state index contributed by atoms with van der Waals surface area (Å²) in [4.78, 5) is 8.11. The molecule has 1 aromatic heterocycles. The van der Waals surface area contributed by atoms with Gasteiger partial charge in [0, 0.05) is 5.54 Å². The minimum atomic E-state index is -0.0667. The summed E-state index contributed by atoms with van der Waals surface area (Å²) in [5.74, 6) is 0.727. The quantitative estimate of drug-likeness (QED) is 0.719. The summed E-state index contributed by atoms with van der Waals surface area (Å²) in [6.45, 7) is 6.08. The molecule has 0 bridgehead atoms. The Morgan fingerprint density at radius 3 is 2.38 bits per heavy atom. The lowest BCUT2D eigenvalue weighted by molar-refractivity contribution is 0.276. The Morgan fingerprint density at radius 2 is 2.00 bits per heavy atom. The average Bonchev–Trinajstić information content (AvgIpc) is 2.03. The van der Waals surface area contributed by atoms with Crippen molar-refractivity contribution in [3.8, 4) is 0 Å². The van der Waals surface area contributed by atoms with Gasteiger partial charge in [0.25, 0.3) is 0 Å². The molecule has 0 saturated carbocycles. The zero-order valence-corrected chi connectivity index (χ0v) is 8.20. The lowest BCUT2D eigenvalue weighted by Crippen LogP contribution is -2.26. The molecule has 13 heavy (non-hydrogen) atoms. The van der Waals surface area contributed by atoms with Gasteiger partial charge < -0.3 is 10.4 Å². The molecule has 0 radical (unpaired) electrons. The van der Waals surface area contributed by atoms with Crippen molar-refractivity contribution >= 4 is 5.82 Å². The van der Waals surface area contributed by atoms with Crippen LogP contribution >= 0.6 is 0 Å². The van der Waals surface area contributed by atoms with E-state index in [1.54, 1.807) is 12.4 Å². The van der Waals surface area contributed by atoms with Gasteiger partial charge in [-0.05, 0) is 20.8 Å². The molecule has 0 fully saturated rings. The highest BCUT2D eigenvalue weighted by atomic mass is 16.3. The van der Waals surface area contributed by atoms with Gasteiger partial charge in [0.1, 0.15) is 5.82 Å². The van der Waals surface area contributed by atoms with Crippen LogP contribution in [0.25, 0.3) is 0 Å². The van der Waals surface area contributed by atoms with Crippen LogP contribution in [-0.4, -0.2) is 20.6 Å². The van der Waals surface area contributed by atoms with Gasteiger partial charge in [0.05, 0.1) is 24.7 Å². The molecule has 0 aliphatic carbocycles. The first-order valence-corrected chi connectivity index (χ1v) is 4.21. The fourth-order valence-electron chi connectivity index (χ4n) is 0.885. The number of aliphatic hydroxyl groups excluding tert-OH is 1. The lowest BCUT2D eigenvalue weighted by Gasteiger charge is -2.20. The van der Waals surface area contributed by atoms with Gasteiger partial charge in [-0.15, -0.1) is 0 Å².